The molecule has 25 heavy (non-hydrogen) atoms. The molecular weight excluding hydrogens is 334 g/mol. The first-order chi connectivity index (χ1) is 12.1. The van der Waals surface area contributed by atoms with Crippen molar-refractivity contribution in [2.24, 2.45) is 0 Å². The Bertz CT molecular complexity index is 919. The van der Waals surface area contributed by atoms with E-state index in [2.05, 4.69) is 15.6 Å². The van der Waals surface area contributed by atoms with Gasteiger partial charge in [0.2, 0.25) is 0 Å². The number of benzene rings is 2. The third-order valence-corrected chi connectivity index (χ3v) is 4.70. The molecule has 0 radical (unpaired) electrons. The molecule has 5 nitrogen and oxygen atoms in total. The van der Waals surface area contributed by atoms with E-state index in [-0.39, 0.29) is 11.8 Å². The van der Waals surface area contributed by atoms with E-state index in [1.807, 2.05) is 30.3 Å². The maximum absolute atomic E-state index is 12.5. The van der Waals surface area contributed by atoms with Crippen molar-refractivity contribution in [3.05, 3.63) is 70.7 Å². The summed E-state index contributed by atoms with van der Waals surface area (Å²) < 4.78 is 0. The van der Waals surface area contributed by atoms with Gasteiger partial charge in [0.1, 0.15) is 10.7 Å². The van der Waals surface area contributed by atoms with E-state index >= 15 is 0 Å². The number of thiazole rings is 1. The van der Waals surface area contributed by atoms with Gasteiger partial charge in [-0.2, -0.15) is 0 Å². The topological polar surface area (TPSA) is 71.1 Å². The molecule has 0 aliphatic heterocycles. The molecule has 0 aliphatic carbocycles. The molecule has 0 unspecified atom stereocenters. The number of carbonyl (C=O) groups excluding carboxylic acids is 2. The molecule has 0 saturated heterocycles. The molecule has 6 heteroatoms. The third kappa shape index (κ3) is 3.59. The maximum Gasteiger partial charge on any atom is 0.275 e. The Hall–Kier alpha value is -2.99. The summed E-state index contributed by atoms with van der Waals surface area (Å²) >= 11 is 1.42. The summed E-state index contributed by atoms with van der Waals surface area (Å²) in [4.78, 5) is 28.8. The van der Waals surface area contributed by atoms with E-state index < -0.39 is 0 Å². The van der Waals surface area contributed by atoms with Crippen LogP contribution in [0.2, 0.25) is 0 Å². The Morgan fingerprint density at radius 2 is 1.76 bits per heavy atom. The van der Waals surface area contributed by atoms with Crippen molar-refractivity contribution in [2.45, 2.75) is 6.92 Å². The molecule has 2 N–H and O–H groups in total. The van der Waals surface area contributed by atoms with Gasteiger partial charge in [0.05, 0.1) is 0 Å². The zero-order valence-electron chi connectivity index (χ0n) is 13.9. The molecule has 3 rings (SSSR count). The lowest BCUT2D eigenvalue weighted by molar-refractivity contribution is 0.0960. The van der Waals surface area contributed by atoms with Gasteiger partial charge in [0, 0.05) is 29.2 Å². The van der Waals surface area contributed by atoms with Crippen molar-refractivity contribution in [1.29, 1.82) is 0 Å². The first-order valence-electron chi connectivity index (χ1n) is 7.74. The van der Waals surface area contributed by atoms with Crippen LogP contribution in [0.1, 0.15) is 26.4 Å². The van der Waals surface area contributed by atoms with Gasteiger partial charge in [-0.15, -0.1) is 11.3 Å². The van der Waals surface area contributed by atoms with Crippen molar-refractivity contribution >= 4 is 28.8 Å². The highest BCUT2D eigenvalue weighted by Crippen LogP contribution is 2.24. The molecule has 2 amide bonds. The van der Waals surface area contributed by atoms with E-state index in [1.54, 1.807) is 37.6 Å². The van der Waals surface area contributed by atoms with Crippen LogP contribution in [0.5, 0.6) is 0 Å². The zero-order valence-corrected chi connectivity index (χ0v) is 14.7. The Balaban J connectivity index is 1.82. The highest BCUT2D eigenvalue weighted by atomic mass is 32.1. The van der Waals surface area contributed by atoms with Gasteiger partial charge in [-0.05, 0) is 24.6 Å². The van der Waals surface area contributed by atoms with Gasteiger partial charge in [-0.1, -0.05) is 36.4 Å². The number of hydrogen-bond acceptors (Lipinski definition) is 4. The number of anilines is 1. The second kappa shape index (κ2) is 7.27. The minimum atomic E-state index is -0.296. The lowest BCUT2D eigenvalue weighted by atomic mass is 10.1. The summed E-state index contributed by atoms with van der Waals surface area (Å²) in [6.07, 6.45) is 0. The van der Waals surface area contributed by atoms with Crippen LogP contribution in [-0.4, -0.2) is 23.8 Å². The van der Waals surface area contributed by atoms with E-state index in [1.165, 1.54) is 11.3 Å². The molecule has 0 bridgehead atoms. The van der Waals surface area contributed by atoms with Gasteiger partial charge in [-0.3, -0.25) is 9.59 Å². The number of nitrogens with one attached hydrogen (secondary N) is 2. The lowest BCUT2D eigenvalue weighted by Gasteiger charge is -2.11. The number of aromatic nitrogens is 1. The molecule has 0 aliphatic rings. The first-order valence-corrected chi connectivity index (χ1v) is 8.62. The maximum atomic E-state index is 12.5. The van der Waals surface area contributed by atoms with E-state index in [0.717, 1.165) is 10.6 Å². The zero-order chi connectivity index (χ0) is 17.8. The largest absolute Gasteiger partial charge is 0.355 e. The smallest absolute Gasteiger partial charge is 0.275 e. The Morgan fingerprint density at radius 1 is 1.00 bits per heavy atom. The van der Waals surface area contributed by atoms with Gasteiger partial charge in [0.25, 0.3) is 11.8 Å². The summed E-state index contributed by atoms with van der Waals surface area (Å²) in [5.74, 6) is -0.482. The Morgan fingerprint density at radius 3 is 2.48 bits per heavy atom. The molecule has 1 heterocycles. The average Bonchev–Trinajstić information content (AvgIpc) is 3.14. The Labute approximate surface area is 149 Å². The molecule has 126 valence electrons. The minimum Gasteiger partial charge on any atom is -0.355 e. The van der Waals surface area contributed by atoms with Crippen molar-refractivity contribution in [2.75, 3.05) is 12.4 Å². The minimum absolute atomic E-state index is 0.186. The summed E-state index contributed by atoms with van der Waals surface area (Å²) in [6, 6.07) is 14.9. The number of nitrogens with zero attached hydrogens (tertiary/aromatic N) is 1. The molecule has 3 aromatic rings. The molecule has 0 fully saturated rings. The van der Waals surface area contributed by atoms with Crippen LogP contribution >= 0.6 is 11.3 Å². The average molecular weight is 351 g/mol. The molecular formula is C19H17N3O2S. The standard InChI is InChI=1S/C19H17N3O2S/c1-12-14(17(23)20-2)9-6-10-15(12)21-18(24)16-11-25-19(22-16)13-7-4-3-5-8-13/h3-11H,1-2H3,(H,20,23)(H,21,24). The van der Waals surface area contributed by atoms with Crippen molar-refractivity contribution in [1.82, 2.24) is 10.3 Å². The predicted molar refractivity (Wildman–Crippen MR) is 100 cm³/mol. The summed E-state index contributed by atoms with van der Waals surface area (Å²) in [5, 5.41) is 7.95. The lowest BCUT2D eigenvalue weighted by Crippen LogP contribution is -2.20. The molecule has 2 aromatic carbocycles. The van der Waals surface area contributed by atoms with Gasteiger partial charge in [-0.25, -0.2) is 4.98 Å². The highest BCUT2D eigenvalue weighted by molar-refractivity contribution is 7.13. The van der Waals surface area contributed by atoms with Crippen molar-refractivity contribution in [3.8, 4) is 10.6 Å². The highest BCUT2D eigenvalue weighted by Gasteiger charge is 2.15. The van der Waals surface area contributed by atoms with Gasteiger partial charge >= 0.3 is 0 Å². The number of amides is 2. The van der Waals surface area contributed by atoms with E-state index in [4.69, 9.17) is 0 Å². The van der Waals surface area contributed by atoms with Gasteiger partial charge in [0.15, 0.2) is 0 Å². The van der Waals surface area contributed by atoms with E-state index in [0.29, 0.717) is 22.5 Å². The normalized spacial score (nSPS) is 10.3. The quantitative estimate of drug-likeness (QED) is 0.752. The van der Waals surface area contributed by atoms with Crippen LogP contribution in [0.4, 0.5) is 5.69 Å². The fourth-order valence-corrected chi connectivity index (χ4v) is 3.24. The van der Waals surface area contributed by atoms with Crippen LogP contribution in [0.25, 0.3) is 10.6 Å². The molecule has 0 spiro atoms. The third-order valence-electron chi connectivity index (χ3n) is 3.81. The monoisotopic (exact) mass is 351 g/mol. The van der Waals surface area contributed by atoms with Crippen LogP contribution in [0.3, 0.4) is 0 Å². The Kier molecular flexibility index (Phi) is 4.90. The summed E-state index contributed by atoms with van der Waals surface area (Å²) in [6.45, 7) is 1.80. The second-order valence-electron chi connectivity index (χ2n) is 5.42. The predicted octanol–water partition coefficient (Wildman–Crippen LogP) is 3.73. The second-order valence-corrected chi connectivity index (χ2v) is 6.27. The van der Waals surface area contributed by atoms with Crippen LogP contribution in [0, 0.1) is 6.92 Å². The molecule has 0 atom stereocenters. The fourth-order valence-electron chi connectivity index (χ4n) is 2.43. The van der Waals surface area contributed by atoms with Crippen LogP contribution < -0.4 is 10.6 Å². The van der Waals surface area contributed by atoms with Crippen molar-refractivity contribution < 1.29 is 9.59 Å². The molecule has 1 aromatic heterocycles. The first kappa shape index (κ1) is 16.9. The SMILES string of the molecule is CNC(=O)c1cccc(NC(=O)c2csc(-c3ccccc3)n2)c1C. The molecule has 0 saturated carbocycles. The van der Waals surface area contributed by atoms with Crippen LogP contribution in [0.15, 0.2) is 53.9 Å². The van der Waals surface area contributed by atoms with Gasteiger partial charge < -0.3 is 10.6 Å². The number of rotatable bonds is 4. The van der Waals surface area contributed by atoms with Crippen LogP contribution in [-0.2, 0) is 0 Å². The fraction of sp³-hybridized carbons (Fsp3) is 0.105. The van der Waals surface area contributed by atoms with Crippen molar-refractivity contribution in [3.63, 3.8) is 0 Å². The summed E-state index contributed by atoms with van der Waals surface area (Å²) in [5.41, 5.74) is 3.18. The summed E-state index contributed by atoms with van der Waals surface area (Å²) in [7, 11) is 1.58. The van der Waals surface area contributed by atoms with E-state index in [9.17, 15) is 9.59 Å². The number of hydrogen-bond donors (Lipinski definition) is 2. The number of carbonyl (C=O) groups is 2.